The normalized spacial score (nSPS) is 20.5. The monoisotopic (exact) mass is 647 g/mol. The van der Waals surface area contributed by atoms with Crippen molar-refractivity contribution in [3.63, 3.8) is 0 Å². The number of aromatic nitrogens is 1. The van der Waals surface area contributed by atoms with Crippen molar-refractivity contribution in [1.29, 1.82) is 0 Å². The minimum Gasteiger partial charge on any atom is -0.430 e. The Morgan fingerprint density at radius 2 is 1.76 bits per heavy atom. The molecule has 0 saturated carbocycles. The third-order valence-corrected chi connectivity index (χ3v) is 9.84. The molecule has 236 valence electrons. The third-order valence-electron chi connectivity index (χ3n) is 8.89. The molecular formula is C33H27F2N3O7S. The number of pyridine rings is 1. The zero-order chi connectivity index (χ0) is 31.5. The average Bonchev–Trinajstić information content (AvgIpc) is 3.51. The minimum absolute atomic E-state index is 0.0960. The van der Waals surface area contributed by atoms with Gasteiger partial charge in [0, 0.05) is 47.7 Å². The van der Waals surface area contributed by atoms with Gasteiger partial charge in [-0.3, -0.25) is 19.3 Å². The summed E-state index contributed by atoms with van der Waals surface area (Å²) >= 11 is 1.42. The number of rotatable bonds is 3. The lowest BCUT2D eigenvalue weighted by atomic mass is 9.92. The van der Waals surface area contributed by atoms with Gasteiger partial charge in [-0.25, -0.2) is 13.6 Å². The molecule has 0 unspecified atom stereocenters. The van der Waals surface area contributed by atoms with Crippen LogP contribution in [0.25, 0.3) is 21.6 Å². The first-order valence-corrected chi connectivity index (χ1v) is 15.8. The molecule has 4 aliphatic rings. The zero-order valence-corrected chi connectivity index (χ0v) is 25.1. The molecule has 0 radical (unpaired) electrons. The summed E-state index contributed by atoms with van der Waals surface area (Å²) in [5.74, 6) is -2.99. The number of nitrogens with zero attached hydrogens (tertiary/aromatic N) is 3. The second-order valence-electron chi connectivity index (χ2n) is 11.4. The van der Waals surface area contributed by atoms with Gasteiger partial charge < -0.3 is 23.8 Å². The zero-order valence-electron chi connectivity index (χ0n) is 24.3. The number of halogens is 2. The number of benzene rings is 2. The van der Waals surface area contributed by atoms with Gasteiger partial charge >= 0.3 is 6.16 Å². The van der Waals surface area contributed by atoms with Crippen molar-refractivity contribution in [2.75, 3.05) is 38.0 Å². The molecule has 5 heterocycles. The molecule has 2 fully saturated rings. The molecule has 2 aromatic heterocycles. The largest absolute Gasteiger partial charge is 0.514 e. The number of hydrogen-bond acceptors (Lipinski definition) is 9. The van der Waals surface area contributed by atoms with Crippen LogP contribution in [0.5, 0.6) is 5.75 Å². The van der Waals surface area contributed by atoms with Crippen LogP contribution < -0.4 is 15.2 Å². The Kier molecular flexibility index (Phi) is 7.11. The molecule has 2 saturated heterocycles. The van der Waals surface area contributed by atoms with E-state index in [9.17, 15) is 18.8 Å². The second-order valence-corrected chi connectivity index (χ2v) is 12.3. The summed E-state index contributed by atoms with van der Waals surface area (Å²) in [4.78, 5) is 42.7. The van der Waals surface area contributed by atoms with Crippen LogP contribution in [0.4, 0.5) is 13.6 Å². The van der Waals surface area contributed by atoms with Gasteiger partial charge in [0.05, 0.1) is 32.5 Å². The van der Waals surface area contributed by atoms with Crippen LogP contribution in [0, 0.1) is 11.6 Å². The lowest BCUT2D eigenvalue weighted by molar-refractivity contribution is -0.0209. The van der Waals surface area contributed by atoms with E-state index in [2.05, 4.69) is 0 Å². The summed E-state index contributed by atoms with van der Waals surface area (Å²) in [6.07, 6.45) is 0.122. The van der Waals surface area contributed by atoms with Crippen molar-refractivity contribution in [3.05, 3.63) is 98.8 Å². The smallest absolute Gasteiger partial charge is 0.430 e. The Morgan fingerprint density at radius 3 is 2.61 bits per heavy atom. The minimum atomic E-state index is -1.10. The highest BCUT2D eigenvalue weighted by atomic mass is 32.1. The molecule has 2 atom stereocenters. The maximum atomic E-state index is 15.9. The number of fused-ring (bicyclic) bond motifs is 7. The van der Waals surface area contributed by atoms with E-state index in [0.717, 1.165) is 22.1 Å². The SMILES string of the molecule is O=C(Oc1c2n(ccc1=O)N([C@@H]1c3ccccc3-c3sccc3-c3c1ccc(F)c3F)[C@@H]1COCCN1C2=O)OC1CCOCC1. The molecular weight excluding hydrogens is 620 g/mol. The van der Waals surface area contributed by atoms with E-state index in [1.165, 1.54) is 28.3 Å². The summed E-state index contributed by atoms with van der Waals surface area (Å²) < 4.78 is 54.5. The lowest BCUT2D eigenvalue weighted by Crippen LogP contribution is -2.66. The van der Waals surface area contributed by atoms with E-state index >= 15 is 4.39 Å². The van der Waals surface area contributed by atoms with Crippen LogP contribution in [0.15, 0.2) is 64.9 Å². The predicted molar refractivity (Wildman–Crippen MR) is 162 cm³/mol. The standard InChI is InChI=1S/C33H27F2N3O7S/c34-23-6-5-21-26(27(23)35)22-10-16-46-31(22)20-4-2-1-3-19(20)28(21)38-25-17-43-15-12-36(25)32(40)29-30(24(39)7-11-37(29)38)45-33(41)44-18-8-13-42-14-9-18/h1-7,10-11,16,18,25,28H,8-9,12-15,17H2/t25-,28-/m1/s1. The second kappa shape index (κ2) is 11.3. The number of carbonyl (C=O) groups is 2. The fraction of sp³-hybridized carbons (Fsp3) is 0.303. The number of morpholine rings is 1. The van der Waals surface area contributed by atoms with E-state index in [4.69, 9.17) is 18.9 Å². The van der Waals surface area contributed by atoms with Gasteiger partial charge in [0.2, 0.25) is 11.2 Å². The van der Waals surface area contributed by atoms with E-state index in [1.54, 1.807) is 17.0 Å². The fourth-order valence-corrected chi connectivity index (χ4v) is 7.78. The molecule has 10 nitrogen and oxygen atoms in total. The average molecular weight is 648 g/mol. The quantitative estimate of drug-likeness (QED) is 0.285. The molecule has 8 rings (SSSR count). The molecule has 4 aromatic rings. The van der Waals surface area contributed by atoms with Gasteiger partial charge in [-0.15, -0.1) is 11.3 Å². The number of ether oxygens (including phenoxy) is 4. The van der Waals surface area contributed by atoms with Crippen LogP contribution in [-0.4, -0.2) is 66.9 Å². The molecule has 13 heteroatoms. The molecule has 1 amide bonds. The van der Waals surface area contributed by atoms with Crippen molar-refractivity contribution in [2.24, 2.45) is 0 Å². The first kappa shape index (κ1) is 28.9. The van der Waals surface area contributed by atoms with Crippen molar-refractivity contribution in [2.45, 2.75) is 31.2 Å². The topological polar surface area (TPSA) is 99.5 Å². The van der Waals surface area contributed by atoms with E-state index in [-0.39, 0.29) is 31.0 Å². The van der Waals surface area contributed by atoms with Gasteiger partial charge in [0.25, 0.3) is 5.91 Å². The maximum Gasteiger partial charge on any atom is 0.514 e. The summed E-state index contributed by atoms with van der Waals surface area (Å²) in [5, 5.41) is 3.66. The Hall–Kier alpha value is -4.59. The highest BCUT2D eigenvalue weighted by Crippen LogP contribution is 2.51. The first-order chi connectivity index (χ1) is 22.4. The van der Waals surface area contributed by atoms with Gasteiger partial charge in [0.1, 0.15) is 12.3 Å². The van der Waals surface area contributed by atoms with Crippen molar-refractivity contribution < 1.29 is 37.3 Å². The highest BCUT2D eigenvalue weighted by Gasteiger charge is 2.47. The Balaban J connectivity index is 1.33. The van der Waals surface area contributed by atoms with Crippen molar-refractivity contribution in [1.82, 2.24) is 9.58 Å². The van der Waals surface area contributed by atoms with E-state index in [1.807, 2.05) is 34.7 Å². The Labute approximate surface area is 265 Å². The van der Waals surface area contributed by atoms with E-state index < -0.39 is 53.2 Å². The van der Waals surface area contributed by atoms with Gasteiger partial charge in [0.15, 0.2) is 17.3 Å². The van der Waals surface area contributed by atoms with E-state index in [0.29, 0.717) is 37.2 Å². The third kappa shape index (κ3) is 4.52. The lowest BCUT2D eigenvalue weighted by Gasteiger charge is -2.51. The molecule has 0 spiro atoms. The summed E-state index contributed by atoms with van der Waals surface area (Å²) in [6, 6.07) is 12.4. The van der Waals surface area contributed by atoms with Crippen LogP contribution in [-0.2, 0) is 14.2 Å². The van der Waals surface area contributed by atoms with Crippen LogP contribution in [0.2, 0.25) is 0 Å². The Bertz CT molecular complexity index is 1940. The first-order valence-electron chi connectivity index (χ1n) is 15.0. The van der Waals surface area contributed by atoms with Crippen LogP contribution in [0.3, 0.4) is 0 Å². The molecule has 46 heavy (non-hydrogen) atoms. The summed E-state index contributed by atoms with van der Waals surface area (Å²) in [7, 11) is 0. The van der Waals surface area contributed by atoms with Crippen LogP contribution >= 0.6 is 11.3 Å². The molecule has 0 N–H and O–H groups in total. The van der Waals surface area contributed by atoms with Crippen molar-refractivity contribution >= 4 is 23.4 Å². The van der Waals surface area contributed by atoms with Crippen LogP contribution in [0.1, 0.15) is 40.5 Å². The fourth-order valence-electron chi connectivity index (χ4n) is 6.83. The van der Waals surface area contributed by atoms with Gasteiger partial charge in [-0.1, -0.05) is 30.3 Å². The predicted octanol–water partition coefficient (Wildman–Crippen LogP) is 5.07. The summed E-state index contributed by atoms with van der Waals surface area (Å²) in [6.45, 7) is 1.37. The molecule has 3 aliphatic heterocycles. The number of thiophene rings is 1. The number of amides is 1. The molecule has 2 aromatic carbocycles. The highest BCUT2D eigenvalue weighted by molar-refractivity contribution is 7.14. The maximum absolute atomic E-state index is 15.9. The Morgan fingerprint density at radius 1 is 0.935 bits per heavy atom. The summed E-state index contributed by atoms with van der Waals surface area (Å²) in [5.41, 5.74) is 1.82. The number of carbonyl (C=O) groups excluding carboxylic acids is 2. The van der Waals surface area contributed by atoms with Gasteiger partial charge in [-0.05, 0) is 34.2 Å². The molecule has 1 aliphatic carbocycles. The number of hydrogen-bond donors (Lipinski definition) is 0. The van der Waals surface area contributed by atoms with Gasteiger partial charge in [-0.2, -0.15) is 0 Å². The molecule has 0 bridgehead atoms. The van der Waals surface area contributed by atoms with Crippen molar-refractivity contribution in [3.8, 4) is 27.3 Å².